The maximum atomic E-state index is 11.3. The Hall–Kier alpha value is -11.7. The molecule has 0 saturated heterocycles. The molecule has 2 fully saturated rings. The molecule has 26 nitrogen and oxygen atoms in total. The van der Waals surface area contributed by atoms with Crippen LogP contribution in [0.15, 0.2) is 241 Å². The highest BCUT2D eigenvalue weighted by molar-refractivity contribution is 5.88. The van der Waals surface area contributed by atoms with Crippen LogP contribution in [0.3, 0.4) is 0 Å². The number of esters is 10. The van der Waals surface area contributed by atoms with Crippen molar-refractivity contribution >= 4 is 59.7 Å². The van der Waals surface area contributed by atoms with E-state index in [9.17, 15) is 47.9 Å². The molecule has 0 heterocycles. The third-order valence-electron chi connectivity index (χ3n) is 16.1. The number of ether oxygens (including phenoxy) is 16. The lowest BCUT2D eigenvalue weighted by molar-refractivity contribution is -0.151. The first-order chi connectivity index (χ1) is 54.7. The molecule has 6 rings (SSSR count). The maximum Gasteiger partial charge on any atom is 0.333 e. The van der Waals surface area contributed by atoms with E-state index in [2.05, 4.69) is 86.6 Å². The molecular weight excluding hydrogens is 1480 g/mol. The number of fused-ring (bicyclic) bond motifs is 2. The van der Waals surface area contributed by atoms with Crippen molar-refractivity contribution in [3.63, 3.8) is 0 Å². The number of hydrogen-bond donors (Lipinski definition) is 0. The first kappa shape index (κ1) is 103. The SMILES string of the molecule is C=C(C)C(=O)OCCOCCOC(=O)C(=C)C.C=CC(=O)OC1CC2CCC1(C)C2(C)C.C=CC(=O)OCC(C)(C)COC(=O)C=C.C=CC(=O)OCC(C)OCC(C)OC(=O)C=C.C=CC(=O)OCCOCCOc1ccccc1.C=CC(=O)OCCOc1ccccc1.C=CC(=O)OCCOc1ccccc1-c1ccccc1. The van der Waals surface area contributed by atoms with Crippen LogP contribution in [0.5, 0.6) is 17.2 Å². The van der Waals surface area contributed by atoms with Gasteiger partial charge in [0.1, 0.15) is 88.9 Å². The summed E-state index contributed by atoms with van der Waals surface area (Å²) in [7, 11) is 0. The molecule has 26 heteroatoms. The molecule has 2 aliphatic carbocycles. The number of carbonyl (C=O) groups is 10. The van der Waals surface area contributed by atoms with Crippen LogP contribution in [-0.2, 0) is 110 Å². The van der Waals surface area contributed by atoms with Crippen molar-refractivity contribution in [1.82, 2.24) is 0 Å². The van der Waals surface area contributed by atoms with Gasteiger partial charge in [-0.1, -0.05) is 185 Å². The Labute approximate surface area is 677 Å². The summed E-state index contributed by atoms with van der Waals surface area (Å²) in [4.78, 5) is 109. The van der Waals surface area contributed by atoms with Crippen molar-refractivity contribution in [1.29, 1.82) is 0 Å². The summed E-state index contributed by atoms with van der Waals surface area (Å²) in [6.07, 6.45) is 11.9. The molecule has 4 aromatic rings. The molecule has 0 N–H and O–H groups in total. The normalized spacial score (nSPS) is 14.4. The summed E-state index contributed by atoms with van der Waals surface area (Å²) in [5.41, 5.74) is 2.85. The summed E-state index contributed by atoms with van der Waals surface area (Å²) in [6, 6.07) is 36.6. The second kappa shape index (κ2) is 60.9. The number of para-hydroxylation sites is 3. The van der Waals surface area contributed by atoms with Gasteiger partial charge in [-0.3, -0.25) is 0 Å². The van der Waals surface area contributed by atoms with Crippen LogP contribution in [0, 0.1) is 22.2 Å². The fraction of sp³-hybridized carbons (Fsp3) is 0.393. The Balaban J connectivity index is 0.00000132. The highest BCUT2D eigenvalue weighted by Gasteiger charge is 2.62. The molecule has 2 saturated carbocycles. The van der Waals surface area contributed by atoms with Crippen molar-refractivity contribution < 1.29 is 124 Å². The zero-order valence-electron chi connectivity index (χ0n) is 68.0. The minimum atomic E-state index is -0.494. The van der Waals surface area contributed by atoms with Gasteiger partial charge in [0.25, 0.3) is 0 Å². The molecular formula is C89H116O26. The Bertz CT molecular complexity index is 3640. The predicted molar refractivity (Wildman–Crippen MR) is 436 cm³/mol. The molecule has 0 spiro atoms. The van der Waals surface area contributed by atoms with E-state index >= 15 is 0 Å². The number of carbonyl (C=O) groups excluding carboxylic acids is 10. The van der Waals surface area contributed by atoms with Crippen molar-refractivity contribution in [3.8, 4) is 28.4 Å². The second-order valence-corrected chi connectivity index (χ2v) is 26.2. The molecule has 5 unspecified atom stereocenters. The molecule has 2 bridgehead atoms. The van der Waals surface area contributed by atoms with Gasteiger partial charge in [0.2, 0.25) is 0 Å². The fourth-order valence-corrected chi connectivity index (χ4v) is 9.59. The van der Waals surface area contributed by atoms with Crippen LogP contribution in [0.4, 0.5) is 0 Å². The molecule has 115 heavy (non-hydrogen) atoms. The molecule has 2 aliphatic rings. The quantitative estimate of drug-likeness (QED) is 0.0172. The van der Waals surface area contributed by atoms with Gasteiger partial charge in [0.05, 0.1) is 52.4 Å². The Kier molecular flexibility index (Phi) is 54.6. The molecule has 4 aromatic carbocycles. The number of rotatable bonds is 43. The lowest BCUT2D eigenvalue weighted by atomic mass is 9.70. The average molecular weight is 1600 g/mol. The fourth-order valence-electron chi connectivity index (χ4n) is 9.59. The van der Waals surface area contributed by atoms with Crippen molar-refractivity contribution in [3.05, 3.63) is 241 Å². The van der Waals surface area contributed by atoms with Crippen molar-refractivity contribution in [2.24, 2.45) is 22.2 Å². The van der Waals surface area contributed by atoms with Crippen LogP contribution in [0.25, 0.3) is 11.1 Å². The van der Waals surface area contributed by atoms with Gasteiger partial charge in [0, 0.05) is 76.1 Å². The highest BCUT2D eigenvalue weighted by atomic mass is 16.6. The third kappa shape index (κ3) is 48.1. The standard InChI is InChI=1S/C17H16O3.C13H16O4.C13H20O2.2C12H18O5.C11H16O4.C11H12O3/c1-2-17(18)20-13-12-19-16-11-7-6-10-15(16)14-8-4-3-5-9-14;1-2-13(14)17-11-9-15-8-10-16-12-6-4-3-5-7-12;1-5-11(14)15-10-8-9-6-7-13(10,4)12(9,2)3;1-9(2)11(13)16-7-5-15-6-8-17-12(14)10(3)4;1-5-11(13)16-7-9(3)15-8-10(4)17-12(14)6-2;1-5-9(12)14-7-11(3,4)8-15-10(13)6-2;1-2-11(12)14-9-8-13-10-6-4-3-5-7-10/h2-11H,1,12-13H2;2-7H,1,8-11H2;5,9-10H,1,6-8H2,2-4H3;1,3,5-8H2,2,4H3;5-6,9-10H,1-2,7-8H2,3-4H3;5-6H,1-2,7-8H2,3-4H3;2-7H,1,8-9H2. The van der Waals surface area contributed by atoms with E-state index < -0.39 is 59.1 Å². The van der Waals surface area contributed by atoms with Gasteiger partial charge >= 0.3 is 59.7 Å². The van der Waals surface area contributed by atoms with Gasteiger partial charge < -0.3 is 75.8 Å². The van der Waals surface area contributed by atoms with E-state index in [0.717, 1.165) is 77.3 Å². The molecule has 0 amide bonds. The average Bonchev–Trinajstić information content (AvgIpc) is 1.56. The molecule has 628 valence electrons. The Morgan fingerprint density at radius 3 is 1.20 bits per heavy atom. The van der Waals surface area contributed by atoms with Crippen LogP contribution >= 0.6 is 0 Å². The predicted octanol–water partition coefficient (Wildman–Crippen LogP) is 13.9. The summed E-state index contributed by atoms with van der Waals surface area (Å²) in [5.74, 6) is -1.36. The highest BCUT2D eigenvalue weighted by Crippen LogP contribution is 2.66. The molecule has 0 aliphatic heterocycles. The first-order valence-electron chi connectivity index (χ1n) is 36.7. The summed E-state index contributed by atoms with van der Waals surface area (Å²) in [5, 5.41) is 0. The Morgan fingerprint density at radius 2 is 0.791 bits per heavy atom. The molecule has 0 radical (unpaired) electrons. The topological polar surface area (TPSA) is 318 Å². The van der Waals surface area contributed by atoms with Gasteiger partial charge in [-0.25, -0.2) is 47.9 Å². The van der Waals surface area contributed by atoms with Crippen LogP contribution in [0.2, 0.25) is 0 Å². The summed E-state index contributed by atoms with van der Waals surface area (Å²) >= 11 is 0. The van der Waals surface area contributed by atoms with Gasteiger partial charge in [-0.15, -0.1) is 0 Å². The minimum absolute atomic E-state index is 0.0942. The van der Waals surface area contributed by atoms with E-state index in [-0.39, 0.29) is 102 Å². The van der Waals surface area contributed by atoms with Gasteiger partial charge in [-0.05, 0) is 94.2 Å². The maximum absolute atomic E-state index is 11.3. The van der Waals surface area contributed by atoms with E-state index in [1.165, 1.54) is 18.9 Å². The van der Waals surface area contributed by atoms with E-state index in [1.807, 2.05) is 129 Å². The largest absolute Gasteiger partial charge is 0.491 e. The number of benzene rings is 4. The van der Waals surface area contributed by atoms with E-state index in [1.54, 1.807) is 27.7 Å². The van der Waals surface area contributed by atoms with Crippen molar-refractivity contribution in [2.75, 3.05) is 106 Å². The molecule has 0 aromatic heterocycles. The van der Waals surface area contributed by atoms with Crippen LogP contribution in [-0.4, -0.2) is 184 Å². The second-order valence-electron chi connectivity index (χ2n) is 26.2. The van der Waals surface area contributed by atoms with Crippen molar-refractivity contribution in [2.45, 2.75) is 99.9 Å². The zero-order chi connectivity index (χ0) is 86.5. The first-order valence-corrected chi connectivity index (χ1v) is 36.7. The summed E-state index contributed by atoms with van der Waals surface area (Å²) < 4.78 is 80.7. The van der Waals surface area contributed by atoms with E-state index in [4.69, 9.17) is 75.8 Å². The van der Waals surface area contributed by atoms with Gasteiger partial charge in [-0.2, -0.15) is 0 Å². The molecule has 5 atom stereocenters. The van der Waals surface area contributed by atoms with Gasteiger partial charge in [0.15, 0.2) is 0 Å². The lowest BCUT2D eigenvalue weighted by Crippen LogP contribution is -2.38. The minimum Gasteiger partial charge on any atom is -0.491 e. The zero-order valence-corrected chi connectivity index (χ0v) is 68.0. The Morgan fingerprint density at radius 1 is 0.426 bits per heavy atom. The van der Waals surface area contributed by atoms with Crippen LogP contribution < -0.4 is 14.2 Å². The third-order valence-corrected chi connectivity index (χ3v) is 16.1. The summed E-state index contributed by atoms with van der Waals surface area (Å²) in [6.45, 7) is 54.6. The monoisotopic (exact) mass is 1600 g/mol. The van der Waals surface area contributed by atoms with E-state index in [0.29, 0.717) is 55.5 Å². The lowest BCUT2D eigenvalue weighted by Gasteiger charge is -2.38. The van der Waals surface area contributed by atoms with Crippen LogP contribution in [0.1, 0.15) is 81.6 Å². The smallest absolute Gasteiger partial charge is 0.333 e. The number of hydrogen-bond acceptors (Lipinski definition) is 26.